The summed E-state index contributed by atoms with van der Waals surface area (Å²) in [5.74, 6) is -1.82. The van der Waals surface area contributed by atoms with Crippen LogP contribution in [-0.4, -0.2) is 92.0 Å². The van der Waals surface area contributed by atoms with Crippen LogP contribution in [0.4, 0.5) is 37.7 Å². The molecular formula is C41H46F6I2N8O8S2V. The summed E-state index contributed by atoms with van der Waals surface area (Å²) in [6.07, 6.45) is -4.04. The van der Waals surface area contributed by atoms with Crippen molar-refractivity contribution in [1.82, 2.24) is 29.9 Å². The second kappa shape index (κ2) is 24.6. The van der Waals surface area contributed by atoms with E-state index in [9.17, 15) is 63.0 Å². The fourth-order valence-corrected chi connectivity index (χ4v) is 6.04. The van der Waals surface area contributed by atoms with Crippen LogP contribution in [0.5, 0.6) is 0 Å². The Hall–Kier alpha value is -4.20. The molecule has 5 N–H and O–H groups in total. The number of hydrogen-bond acceptors (Lipinski definition) is 12. The predicted molar refractivity (Wildman–Crippen MR) is 261 cm³/mol. The molecule has 2 amide bonds. The summed E-state index contributed by atoms with van der Waals surface area (Å²) in [5, 5.41) is 39.0. The van der Waals surface area contributed by atoms with Gasteiger partial charge in [-0.1, -0.05) is 41.3 Å². The zero-order chi connectivity index (χ0) is 50.2. The number of aryl methyl sites for hydroxylation is 1. The van der Waals surface area contributed by atoms with Crippen molar-refractivity contribution in [3.05, 3.63) is 119 Å². The van der Waals surface area contributed by atoms with Crippen molar-refractivity contribution in [2.45, 2.75) is 57.8 Å². The number of carbonyl (C=O) groups excluding carboxylic acids is 2. The standard InChI is InChI=1S/C20H21F3N4O4S.C17H15F3N4O2.C3H6O2S.CH3I.HI.V/c1-19(2,29)13-10-15-12(11-27(26-15)7-8-32(3,30)31)9-16(13)25-18(28)14-5-4-6-17(24-14)20(21,22)23;1-16(2,26)10-7-12-9(8-21-24-12)6-13(10)23-15(25)11-4-3-5-14(22-11)17(18,19)20;1-3-6(2,4)5;1-2;;/h4-6,9-11,29H,7-8H2,1-3H3,(H,25,28);3-8,26H,1-2H3,(H,21,24)(H,23,25);3H,1H2,2H3;1H3;1H;. The molecule has 6 rings (SSSR count). The first-order chi connectivity index (χ1) is 30.2. The molecule has 0 unspecified atom stereocenters. The maximum Gasteiger partial charge on any atom is 0.433 e. The SMILES string of the molecule is C=CS(C)(=O)=O.CC(C)(O)c1cc2[nH]ncc2cc1NC(=O)c1cccc(C(F)(F)F)n1.CC(C)(O)c1cc2nn(CCS(C)(=O)=O)cc2cc1NC(=O)c1cccc(C(F)(F)F)n1.CI.I.[V]. The van der Waals surface area contributed by atoms with Crippen LogP contribution in [0.2, 0.25) is 0 Å². The van der Waals surface area contributed by atoms with E-state index in [1.54, 1.807) is 18.3 Å². The molecule has 4 heterocycles. The largest absolute Gasteiger partial charge is 0.433 e. The summed E-state index contributed by atoms with van der Waals surface area (Å²) in [5.41, 5.74) is -3.71. The molecule has 27 heteroatoms. The van der Waals surface area contributed by atoms with Gasteiger partial charge in [0.1, 0.15) is 32.6 Å². The summed E-state index contributed by atoms with van der Waals surface area (Å²) in [4.78, 5) is 33.7. The van der Waals surface area contributed by atoms with Crippen molar-refractivity contribution in [2.75, 3.05) is 33.8 Å². The number of sulfone groups is 2. The van der Waals surface area contributed by atoms with Crippen LogP contribution in [0.1, 0.15) is 71.2 Å². The van der Waals surface area contributed by atoms with Gasteiger partial charge in [0.25, 0.3) is 11.8 Å². The number of nitrogens with zero attached hydrogens (tertiary/aromatic N) is 5. The molecule has 6 aromatic rings. The molecule has 0 bridgehead atoms. The van der Waals surface area contributed by atoms with Crippen LogP contribution in [0.3, 0.4) is 0 Å². The first kappa shape index (κ1) is 61.8. The normalized spacial score (nSPS) is 11.8. The number of aliphatic hydroxyl groups is 2. The molecule has 16 nitrogen and oxygen atoms in total. The Labute approximate surface area is 430 Å². The van der Waals surface area contributed by atoms with E-state index in [-0.39, 0.29) is 77.5 Å². The molecule has 0 atom stereocenters. The van der Waals surface area contributed by atoms with Crippen LogP contribution in [-0.2, 0) is 68.3 Å². The van der Waals surface area contributed by atoms with Gasteiger partial charge >= 0.3 is 12.4 Å². The van der Waals surface area contributed by atoms with E-state index in [2.05, 4.69) is 65.1 Å². The van der Waals surface area contributed by atoms with E-state index >= 15 is 0 Å². The molecule has 0 spiro atoms. The van der Waals surface area contributed by atoms with Crippen molar-refractivity contribution >= 4 is 111 Å². The summed E-state index contributed by atoms with van der Waals surface area (Å²) in [7, 11) is -6.10. The third-order valence-corrected chi connectivity index (χ3v) is 10.2. The Morgan fingerprint density at radius 1 is 0.779 bits per heavy atom. The van der Waals surface area contributed by atoms with Gasteiger partial charge in [0.2, 0.25) is 0 Å². The van der Waals surface area contributed by atoms with Gasteiger partial charge in [-0.25, -0.2) is 26.8 Å². The summed E-state index contributed by atoms with van der Waals surface area (Å²) in [6.45, 7) is 9.18. The number of aromatic amines is 1. The van der Waals surface area contributed by atoms with Crippen molar-refractivity contribution in [1.29, 1.82) is 0 Å². The molecule has 0 saturated heterocycles. The van der Waals surface area contributed by atoms with E-state index in [1.807, 2.05) is 4.93 Å². The Balaban J connectivity index is 0.000000580. The molecule has 4 aromatic heterocycles. The van der Waals surface area contributed by atoms with Crippen LogP contribution < -0.4 is 10.6 Å². The number of pyridine rings is 2. The Bertz CT molecular complexity index is 2930. The first-order valence-corrected chi connectivity index (χ1v) is 25.0. The van der Waals surface area contributed by atoms with Crippen molar-refractivity contribution < 1.29 is 81.5 Å². The number of H-pyrrole nitrogens is 1. The van der Waals surface area contributed by atoms with Crippen LogP contribution in [0.25, 0.3) is 21.8 Å². The molecule has 0 aliphatic heterocycles. The van der Waals surface area contributed by atoms with Gasteiger partial charge in [-0.2, -0.15) is 36.5 Å². The van der Waals surface area contributed by atoms with Gasteiger partial charge < -0.3 is 20.8 Å². The van der Waals surface area contributed by atoms with Gasteiger partial charge in [-0.3, -0.25) is 19.4 Å². The van der Waals surface area contributed by atoms with E-state index in [4.69, 9.17) is 0 Å². The maximum atomic E-state index is 12.9. The van der Waals surface area contributed by atoms with Crippen molar-refractivity contribution in [2.24, 2.45) is 0 Å². The molecule has 371 valence electrons. The van der Waals surface area contributed by atoms with E-state index in [0.29, 0.717) is 27.4 Å². The van der Waals surface area contributed by atoms with Gasteiger partial charge in [-0.05, 0) is 81.2 Å². The van der Waals surface area contributed by atoms with E-state index in [1.165, 1.54) is 56.8 Å². The van der Waals surface area contributed by atoms with Crippen molar-refractivity contribution in [3.8, 4) is 0 Å². The fraction of sp³-hybridized carbons (Fsp3) is 0.317. The Kier molecular flexibility index (Phi) is 22.3. The summed E-state index contributed by atoms with van der Waals surface area (Å²) in [6, 6.07) is 12.3. The third kappa shape index (κ3) is 18.6. The average Bonchev–Trinajstić information content (AvgIpc) is 3.85. The summed E-state index contributed by atoms with van der Waals surface area (Å²) < 4.78 is 121. The number of rotatable bonds is 10. The molecule has 2 aromatic carbocycles. The van der Waals surface area contributed by atoms with Crippen LogP contribution in [0, 0.1) is 0 Å². The number of fused-ring (bicyclic) bond motifs is 2. The van der Waals surface area contributed by atoms with Gasteiger partial charge in [-0.15, -0.1) is 24.0 Å². The fourth-order valence-electron chi connectivity index (χ4n) is 5.52. The van der Waals surface area contributed by atoms with E-state index < -0.39 is 72.1 Å². The van der Waals surface area contributed by atoms with Crippen molar-refractivity contribution in [3.63, 3.8) is 0 Å². The minimum Gasteiger partial charge on any atom is -0.386 e. The number of halogens is 8. The quantitative estimate of drug-likeness (QED) is 0.0495. The predicted octanol–water partition coefficient (Wildman–Crippen LogP) is 8.27. The molecular weight excluding hydrogens is 1220 g/mol. The number of anilines is 2. The zero-order valence-corrected chi connectivity index (χ0v) is 44.5. The molecule has 68 heavy (non-hydrogen) atoms. The van der Waals surface area contributed by atoms with Crippen LogP contribution >= 0.6 is 46.6 Å². The Morgan fingerprint density at radius 3 is 1.60 bits per heavy atom. The Morgan fingerprint density at radius 2 is 1.21 bits per heavy atom. The average molecular weight is 1260 g/mol. The minimum atomic E-state index is -4.70. The zero-order valence-electron chi connectivity index (χ0n) is 37.0. The monoisotopic (exact) mass is 1260 g/mol. The number of alkyl halides is 7. The smallest absolute Gasteiger partial charge is 0.386 e. The second-order valence-corrected chi connectivity index (χ2v) is 19.4. The van der Waals surface area contributed by atoms with Gasteiger partial charge in [0, 0.05) is 75.9 Å². The number of benzene rings is 2. The van der Waals surface area contributed by atoms with Gasteiger partial charge in [0.05, 0.1) is 40.7 Å². The molecule has 0 saturated carbocycles. The second-order valence-electron chi connectivity index (χ2n) is 15.2. The molecule has 0 aliphatic carbocycles. The number of carbonyl (C=O) groups is 2. The maximum absolute atomic E-state index is 12.9. The van der Waals surface area contributed by atoms with E-state index in [0.717, 1.165) is 48.3 Å². The molecule has 0 aliphatic rings. The number of amides is 2. The number of hydrogen-bond donors (Lipinski definition) is 5. The van der Waals surface area contributed by atoms with Gasteiger partial charge in [0.15, 0.2) is 9.84 Å². The topological polar surface area (TPSA) is 239 Å². The number of aromatic nitrogens is 6. The van der Waals surface area contributed by atoms with Crippen LogP contribution in [0.15, 0.2) is 85.0 Å². The number of nitrogens with one attached hydrogen (secondary N) is 3. The minimum absolute atomic E-state index is 0. The first-order valence-electron chi connectivity index (χ1n) is 18.8. The molecule has 1 radical (unpaired) electrons. The third-order valence-electron chi connectivity index (χ3n) is 8.62. The molecule has 0 fully saturated rings. The summed E-state index contributed by atoms with van der Waals surface area (Å²) >= 11 is 2.15.